The molecule has 0 aromatic heterocycles. The summed E-state index contributed by atoms with van der Waals surface area (Å²) in [6, 6.07) is 0. The molecule has 3 heteroatoms. The Hall–Kier alpha value is -1.35. The molecule has 1 amide bonds. The highest BCUT2D eigenvalue weighted by atomic mass is 16.5. The van der Waals surface area contributed by atoms with Crippen LogP contribution in [0.1, 0.15) is 27.2 Å². The summed E-state index contributed by atoms with van der Waals surface area (Å²) in [5.41, 5.74) is 0.514. The molecule has 0 saturated carbocycles. The summed E-state index contributed by atoms with van der Waals surface area (Å²) < 4.78 is 5.23. The van der Waals surface area contributed by atoms with Crippen molar-refractivity contribution in [2.24, 2.45) is 0 Å². The molecule has 0 unspecified atom stereocenters. The third-order valence-electron chi connectivity index (χ3n) is 1.66. The van der Waals surface area contributed by atoms with Gasteiger partial charge in [-0.3, -0.25) is 4.79 Å². The van der Waals surface area contributed by atoms with Crippen LogP contribution in [0, 0.1) is 0 Å². The number of amides is 1. The summed E-state index contributed by atoms with van der Waals surface area (Å²) in [6.45, 7) is 14.9. The van der Waals surface area contributed by atoms with E-state index in [1.165, 1.54) is 6.08 Å². The van der Waals surface area contributed by atoms with E-state index < -0.39 is 0 Å². The number of hydrogen-bond acceptors (Lipinski definition) is 2. The Morgan fingerprint density at radius 1 is 1.29 bits per heavy atom. The van der Waals surface area contributed by atoms with Crippen LogP contribution in [-0.2, 0) is 9.53 Å². The Balaban J connectivity index is 0. The molecule has 0 radical (unpaired) electrons. The number of hydrogen-bond donors (Lipinski definition) is 1. The number of ether oxygens (including phenoxy) is 1. The van der Waals surface area contributed by atoms with E-state index in [4.69, 9.17) is 4.74 Å². The highest BCUT2D eigenvalue weighted by Crippen LogP contribution is 1.95. The van der Waals surface area contributed by atoms with Crippen LogP contribution in [0.4, 0.5) is 0 Å². The fraction of sp³-hybridized carbons (Fsp3) is 0.500. The van der Waals surface area contributed by atoms with Crippen molar-refractivity contribution in [1.82, 2.24) is 5.32 Å². The maximum atomic E-state index is 11.4. The van der Waals surface area contributed by atoms with E-state index in [-0.39, 0.29) is 5.91 Å². The smallest absolute Gasteiger partial charge is 0.251 e. The van der Waals surface area contributed by atoms with Gasteiger partial charge in [-0.15, -0.1) is 0 Å². The van der Waals surface area contributed by atoms with Crippen LogP contribution in [0.5, 0.6) is 0 Å². The van der Waals surface area contributed by atoms with Crippen LogP contribution in [0.2, 0.25) is 0 Å². The fourth-order valence-electron chi connectivity index (χ4n) is 0.949. The van der Waals surface area contributed by atoms with Gasteiger partial charge >= 0.3 is 0 Å². The van der Waals surface area contributed by atoms with Crippen molar-refractivity contribution >= 4 is 5.91 Å². The van der Waals surface area contributed by atoms with Gasteiger partial charge in [0, 0.05) is 18.7 Å². The number of allylic oxidation sites excluding steroid dienone is 2. The summed E-state index contributed by atoms with van der Waals surface area (Å²) in [4.78, 5) is 11.4. The molecule has 0 aliphatic rings. The molecule has 0 saturated heterocycles. The molecule has 0 aliphatic carbocycles. The lowest BCUT2D eigenvalue weighted by atomic mass is 10.2. The van der Waals surface area contributed by atoms with Gasteiger partial charge in [0.15, 0.2) is 0 Å². The number of nitrogens with one attached hydrogen (secondary N) is 1. The Kier molecular flexibility index (Phi) is 15.5. The van der Waals surface area contributed by atoms with Gasteiger partial charge in [-0.1, -0.05) is 52.2 Å². The zero-order valence-corrected chi connectivity index (χ0v) is 11.3. The van der Waals surface area contributed by atoms with E-state index in [0.29, 0.717) is 18.7 Å². The number of rotatable bonds is 8. The molecule has 0 bridgehead atoms. The van der Waals surface area contributed by atoms with Crippen LogP contribution in [0.25, 0.3) is 0 Å². The first-order valence-corrected chi connectivity index (χ1v) is 6.07. The van der Waals surface area contributed by atoms with Gasteiger partial charge in [0.2, 0.25) is 0 Å². The molecule has 3 nitrogen and oxygen atoms in total. The van der Waals surface area contributed by atoms with E-state index in [9.17, 15) is 4.79 Å². The first-order chi connectivity index (χ1) is 8.26. The minimum atomic E-state index is -0.148. The van der Waals surface area contributed by atoms with Crippen LogP contribution in [0.15, 0.2) is 37.0 Å². The van der Waals surface area contributed by atoms with E-state index in [1.54, 1.807) is 12.2 Å². The Labute approximate surface area is 105 Å². The highest BCUT2D eigenvalue weighted by Gasteiger charge is 2.02. The first kappa shape index (κ1) is 18.0. The zero-order valence-electron chi connectivity index (χ0n) is 11.3. The lowest BCUT2D eigenvalue weighted by Crippen LogP contribution is -2.28. The van der Waals surface area contributed by atoms with Gasteiger partial charge in [0.1, 0.15) is 0 Å². The second kappa shape index (κ2) is 14.6. The molecule has 0 aromatic carbocycles. The average molecular weight is 239 g/mol. The van der Waals surface area contributed by atoms with Gasteiger partial charge in [-0.25, -0.2) is 0 Å². The fourth-order valence-corrected chi connectivity index (χ4v) is 0.949. The monoisotopic (exact) mass is 239 g/mol. The number of carbonyl (C=O) groups is 1. The van der Waals surface area contributed by atoms with Crippen LogP contribution in [-0.4, -0.2) is 25.7 Å². The van der Waals surface area contributed by atoms with E-state index in [1.807, 2.05) is 20.8 Å². The van der Waals surface area contributed by atoms with Crippen molar-refractivity contribution < 1.29 is 9.53 Å². The average Bonchev–Trinajstić information content (AvgIpc) is 2.37. The third kappa shape index (κ3) is 10.9. The van der Waals surface area contributed by atoms with Crippen molar-refractivity contribution in [1.29, 1.82) is 0 Å². The lowest BCUT2D eigenvalue weighted by Gasteiger charge is -2.05. The molecule has 17 heavy (non-hydrogen) atoms. The maximum Gasteiger partial charge on any atom is 0.251 e. The summed E-state index contributed by atoms with van der Waals surface area (Å²) in [5.74, 6) is -0.148. The highest BCUT2D eigenvalue weighted by molar-refractivity contribution is 5.96. The quantitative estimate of drug-likeness (QED) is 0.402. The molecule has 0 rings (SSSR count). The van der Waals surface area contributed by atoms with Crippen LogP contribution in [0.3, 0.4) is 0 Å². The van der Waals surface area contributed by atoms with Gasteiger partial charge < -0.3 is 10.1 Å². The Morgan fingerprint density at radius 2 is 1.94 bits per heavy atom. The van der Waals surface area contributed by atoms with E-state index in [0.717, 1.165) is 13.0 Å². The van der Waals surface area contributed by atoms with Crippen molar-refractivity contribution in [3.8, 4) is 0 Å². The summed E-state index contributed by atoms with van der Waals surface area (Å²) in [7, 11) is 0. The minimum Gasteiger partial charge on any atom is -0.380 e. The van der Waals surface area contributed by atoms with Crippen LogP contribution < -0.4 is 5.32 Å². The second-order valence-corrected chi connectivity index (χ2v) is 2.93. The van der Waals surface area contributed by atoms with Crippen molar-refractivity contribution in [2.45, 2.75) is 27.2 Å². The van der Waals surface area contributed by atoms with Gasteiger partial charge in [-0.2, -0.15) is 0 Å². The van der Waals surface area contributed by atoms with E-state index in [2.05, 4.69) is 18.5 Å². The molecule has 1 N–H and O–H groups in total. The molecule has 0 fully saturated rings. The topological polar surface area (TPSA) is 38.3 Å². The lowest BCUT2D eigenvalue weighted by molar-refractivity contribution is -0.117. The van der Waals surface area contributed by atoms with Gasteiger partial charge in [-0.05, 0) is 6.42 Å². The first-order valence-electron chi connectivity index (χ1n) is 6.07. The predicted octanol–water partition coefficient (Wildman–Crippen LogP) is 2.85. The van der Waals surface area contributed by atoms with Crippen molar-refractivity contribution in [2.75, 3.05) is 19.8 Å². The summed E-state index contributed by atoms with van der Waals surface area (Å²) in [6.07, 6.45) is 5.67. The van der Waals surface area contributed by atoms with Crippen LogP contribution >= 0.6 is 0 Å². The molecule has 0 heterocycles. The van der Waals surface area contributed by atoms with Gasteiger partial charge in [0.25, 0.3) is 5.91 Å². The molecule has 0 atom stereocenters. The van der Waals surface area contributed by atoms with Crippen molar-refractivity contribution in [3.63, 3.8) is 0 Å². The molecule has 0 aromatic rings. The summed E-state index contributed by atoms with van der Waals surface area (Å²) in [5, 5.41) is 2.73. The maximum absolute atomic E-state index is 11.4. The molecule has 98 valence electrons. The Bertz CT molecular complexity index is 245. The SMILES string of the molecule is C=C/C=C(\C=C)C(=O)NCCOCCC.CC. The summed E-state index contributed by atoms with van der Waals surface area (Å²) >= 11 is 0. The van der Waals surface area contributed by atoms with Gasteiger partial charge in [0.05, 0.1) is 6.61 Å². The van der Waals surface area contributed by atoms with E-state index >= 15 is 0 Å². The second-order valence-electron chi connectivity index (χ2n) is 2.93. The standard InChI is InChI=1S/C12H19NO2.C2H6/c1-4-7-11(6-3)12(14)13-8-10-15-9-5-2;1-2/h4,6-7H,1,3,5,8-10H2,2H3,(H,13,14);1-2H3/b11-7+;. The molecule has 0 aliphatic heterocycles. The number of carbonyl (C=O) groups excluding carboxylic acids is 1. The largest absolute Gasteiger partial charge is 0.380 e. The molecular weight excluding hydrogens is 214 g/mol. The third-order valence-corrected chi connectivity index (χ3v) is 1.66. The normalized spacial score (nSPS) is 9.94. The molecular formula is C14H25NO2. The van der Waals surface area contributed by atoms with Crippen molar-refractivity contribution in [3.05, 3.63) is 37.0 Å². The Morgan fingerprint density at radius 3 is 2.41 bits per heavy atom. The zero-order chi connectivity index (χ0) is 13.5. The predicted molar refractivity (Wildman–Crippen MR) is 73.9 cm³/mol. The molecule has 0 spiro atoms. The minimum absolute atomic E-state index is 0.148.